The van der Waals surface area contributed by atoms with E-state index in [0.29, 0.717) is 40.1 Å². The molecule has 2 aromatic heterocycles. The second-order valence-corrected chi connectivity index (χ2v) is 16.7. The second-order valence-electron chi connectivity index (χ2n) is 11.4. The highest BCUT2D eigenvalue weighted by Crippen LogP contribution is 2.34. The molecule has 9 nitrogen and oxygen atoms in total. The number of piperidine rings is 2. The molecule has 2 fully saturated rings. The molecule has 14 heteroatoms. The minimum atomic E-state index is -3.72. The number of hydrogen-bond donors (Lipinski definition) is 1. The summed E-state index contributed by atoms with van der Waals surface area (Å²) in [5, 5.41) is 0.669. The number of nitrogens with zero attached hydrogens (tertiary/aromatic N) is 4. The number of rotatable bonds is 11. The molecule has 3 aromatic rings. The third-order valence-corrected chi connectivity index (χ3v) is 13.3. The van der Waals surface area contributed by atoms with Crippen LogP contribution in [-0.2, 0) is 26.6 Å². The molecule has 44 heavy (non-hydrogen) atoms. The van der Waals surface area contributed by atoms with E-state index in [4.69, 9.17) is 23.2 Å². The van der Waals surface area contributed by atoms with Gasteiger partial charge in [-0.05, 0) is 89.8 Å². The van der Waals surface area contributed by atoms with Gasteiger partial charge in [-0.3, -0.25) is 4.98 Å². The van der Waals surface area contributed by atoms with E-state index in [-0.39, 0.29) is 21.5 Å². The average Bonchev–Trinajstić information content (AvgIpc) is 3.02. The van der Waals surface area contributed by atoms with E-state index < -0.39 is 20.0 Å². The van der Waals surface area contributed by atoms with Crippen molar-refractivity contribution in [1.29, 1.82) is 0 Å². The number of benzene rings is 1. The van der Waals surface area contributed by atoms with Crippen LogP contribution in [0.15, 0.2) is 69.1 Å². The first-order valence-corrected chi connectivity index (χ1v) is 19.3. The fraction of sp³-hybridized carbons (Fsp3) is 0.467. The average molecular weight is 746 g/mol. The van der Waals surface area contributed by atoms with Crippen molar-refractivity contribution in [3.63, 3.8) is 0 Å². The molecule has 0 saturated carbocycles. The van der Waals surface area contributed by atoms with Gasteiger partial charge in [0, 0.05) is 38.6 Å². The highest BCUT2D eigenvalue weighted by molar-refractivity contribution is 9.10. The summed E-state index contributed by atoms with van der Waals surface area (Å²) in [6.07, 6.45) is 10.2. The predicted molar refractivity (Wildman–Crippen MR) is 177 cm³/mol. The third-order valence-electron chi connectivity index (χ3n) is 8.56. The summed E-state index contributed by atoms with van der Waals surface area (Å²) < 4.78 is 56.3. The molecule has 4 heterocycles. The molecule has 0 radical (unpaired) electrons. The zero-order chi connectivity index (χ0) is 31.3. The van der Waals surface area contributed by atoms with Crippen LogP contribution in [0.4, 0.5) is 5.69 Å². The summed E-state index contributed by atoms with van der Waals surface area (Å²) >= 11 is 15.8. The van der Waals surface area contributed by atoms with E-state index in [1.54, 1.807) is 34.8 Å². The highest BCUT2D eigenvalue weighted by Gasteiger charge is 2.30. The molecule has 5 rings (SSSR count). The number of halogens is 3. The van der Waals surface area contributed by atoms with E-state index in [2.05, 4.69) is 35.5 Å². The van der Waals surface area contributed by atoms with Crippen LogP contribution in [0.3, 0.4) is 0 Å². The van der Waals surface area contributed by atoms with E-state index in [9.17, 15) is 16.8 Å². The molecule has 238 valence electrons. The van der Waals surface area contributed by atoms with Crippen molar-refractivity contribution in [3.05, 3.63) is 75.2 Å². The lowest BCUT2D eigenvalue weighted by molar-refractivity contribution is 0.252. The Balaban J connectivity index is 1.04. The molecule has 0 bridgehead atoms. The minimum Gasteiger partial charge on any atom is -0.370 e. The Kier molecular flexibility index (Phi) is 11.2. The van der Waals surface area contributed by atoms with Gasteiger partial charge in [-0.1, -0.05) is 48.5 Å². The predicted octanol–water partition coefficient (Wildman–Crippen LogP) is 6.51. The van der Waals surface area contributed by atoms with Crippen LogP contribution in [0.1, 0.15) is 50.6 Å². The number of nitrogens with one attached hydrogen (secondary N) is 1. The van der Waals surface area contributed by atoms with Crippen molar-refractivity contribution in [2.45, 2.75) is 61.3 Å². The Morgan fingerprint density at radius 3 is 2.16 bits per heavy atom. The van der Waals surface area contributed by atoms with Crippen LogP contribution in [0.2, 0.25) is 10.2 Å². The number of pyridine rings is 2. The number of aromatic nitrogens is 2. The monoisotopic (exact) mass is 743 g/mol. The lowest BCUT2D eigenvalue weighted by Crippen LogP contribution is -2.38. The quantitative estimate of drug-likeness (QED) is 0.223. The molecule has 2 saturated heterocycles. The van der Waals surface area contributed by atoms with Gasteiger partial charge >= 0.3 is 0 Å². The van der Waals surface area contributed by atoms with E-state index in [1.807, 2.05) is 6.07 Å². The SMILES string of the molecule is O=S(=O)(NCc1ccccn1)c1ccc(N2CCC(CCCC3CCN(S(=O)(=O)c4cnc(Cl)c(Br)c4)CC3)CC2)c(Cl)c1. The molecule has 0 unspecified atom stereocenters. The third kappa shape index (κ3) is 8.31. The standard InChI is InChI=1S/C30H36BrCl2N5O4S2/c31-27-18-26(21-35-30(27)33)44(41,42)38-16-11-23(12-17-38)5-3-4-22-9-14-37(15-10-22)29-8-7-25(19-28(29)32)43(39,40)36-20-24-6-1-2-13-34-24/h1-2,6-8,13,18-19,21-23,36H,3-5,9-12,14-17,20H2. The highest BCUT2D eigenvalue weighted by atomic mass is 79.9. The van der Waals surface area contributed by atoms with Crippen molar-refractivity contribution < 1.29 is 16.8 Å². The summed E-state index contributed by atoms with van der Waals surface area (Å²) in [5.74, 6) is 1.17. The molecule has 0 aliphatic carbocycles. The van der Waals surface area contributed by atoms with Gasteiger partial charge in [0.15, 0.2) is 0 Å². The maximum Gasteiger partial charge on any atom is 0.244 e. The largest absolute Gasteiger partial charge is 0.370 e. The van der Waals surface area contributed by atoms with Crippen molar-refractivity contribution in [2.75, 3.05) is 31.1 Å². The maximum atomic E-state index is 13.0. The summed E-state index contributed by atoms with van der Waals surface area (Å²) in [5.41, 5.74) is 1.50. The van der Waals surface area contributed by atoms with Crippen LogP contribution in [-0.4, -0.2) is 57.3 Å². The molecule has 0 amide bonds. The first kappa shape index (κ1) is 33.6. The lowest BCUT2D eigenvalue weighted by atomic mass is 9.87. The van der Waals surface area contributed by atoms with Crippen molar-refractivity contribution in [1.82, 2.24) is 19.0 Å². The van der Waals surface area contributed by atoms with E-state index in [1.165, 1.54) is 18.3 Å². The van der Waals surface area contributed by atoms with E-state index >= 15 is 0 Å². The molecular weight excluding hydrogens is 709 g/mol. The van der Waals surface area contributed by atoms with Crippen LogP contribution in [0.25, 0.3) is 0 Å². The summed E-state index contributed by atoms with van der Waals surface area (Å²) in [4.78, 5) is 10.7. The molecule has 2 aliphatic heterocycles. The van der Waals surface area contributed by atoms with Gasteiger partial charge in [-0.15, -0.1) is 0 Å². The Labute approximate surface area is 278 Å². The first-order valence-electron chi connectivity index (χ1n) is 14.8. The molecule has 0 atom stereocenters. The Hall–Kier alpha value is -1.80. The molecule has 1 aromatic carbocycles. The zero-order valence-corrected chi connectivity index (χ0v) is 28.9. The zero-order valence-electron chi connectivity index (χ0n) is 24.2. The Morgan fingerprint density at radius 1 is 0.864 bits per heavy atom. The Morgan fingerprint density at radius 2 is 1.55 bits per heavy atom. The normalized spacial score (nSPS) is 17.7. The van der Waals surface area contributed by atoms with Crippen LogP contribution in [0, 0.1) is 11.8 Å². The first-order chi connectivity index (χ1) is 21.0. The van der Waals surface area contributed by atoms with Gasteiger partial charge in [0.2, 0.25) is 20.0 Å². The number of hydrogen-bond acceptors (Lipinski definition) is 7. The molecule has 0 spiro atoms. The molecular formula is C30H36BrCl2N5O4S2. The summed E-state index contributed by atoms with van der Waals surface area (Å²) in [6.45, 7) is 2.90. The van der Waals surface area contributed by atoms with Gasteiger partial charge in [0.05, 0.1) is 32.3 Å². The van der Waals surface area contributed by atoms with Crippen molar-refractivity contribution in [2.24, 2.45) is 11.8 Å². The van der Waals surface area contributed by atoms with Crippen LogP contribution < -0.4 is 9.62 Å². The van der Waals surface area contributed by atoms with Gasteiger partial charge in [0.1, 0.15) is 10.0 Å². The maximum absolute atomic E-state index is 13.0. The van der Waals surface area contributed by atoms with Gasteiger partial charge in [-0.25, -0.2) is 26.5 Å². The smallest absolute Gasteiger partial charge is 0.244 e. The van der Waals surface area contributed by atoms with Gasteiger partial charge in [-0.2, -0.15) is 4.31 Å². The summed E-state index contributed by atoms with van der Waals surface area (Å²) in [7, 11) is -7.30. The fourth-order valence-corrected chi connectivity index (χ4v) is 9.39. The summed E-state index contributed by atoms with van der Waals surface area (Å²) in [6, 6.07) is 11.8. The van der Waals surface area contributed by atoms with Crippen LogP contribution >= 0.6 is 39.1 Å². The fourth-order valence-electron chi connectivity index (χ4n) is 5.96. The van der Waals surface area contributed by atoms with Crippen molar-refractivity contribution in [3.8, 4) is 0 Å². The van der Waals surface area contributed by atoms with Crippen molar-refractivity contribution >= 4 is 64.9 Å². The minimum absolute atomic E-state index is 0.109. The number of sulfonamides is 2. The molecule has 2 aliphatic rings. The Bertz CT molecular complexity index is 1650. The van der Waals surface area contributed by atoms with Gasteiger partial charge < -0.3 is 4.90 Å². The second kappa shape index (κ2) is 14.7. The lowest BCUT2D eigenvalue weighted by Gasteiger charge is -2.35. The topological polar surface area (TPSA) is 113 Å². The van der Waals surface area contributed by atoms with Crippen LogP contribution in [0.5, 0.6) is 0 Å². The number of anilines is 1. The van der Waals surface area contributed by atoms with E-state index in [0.717, 1.165) is 63.7 Å². The molecule has 1 N–H and O–H groups in total. The van der Waals surface area contributed by atoms with Gasteiger partial charge in [0.25, 0.3) is 0 Å².